The Morgan fingerprint density at radius 3 is 2.58 bits per heavy atom. The topological polar surface area (TPSA) is 78.4 Å². The molecule has 1 saturated heterocycles. The molecule has 2 unspecified atom stereocenters. The van der Waals surface area contributed by atoms with Gasteiger partial charge in [-0.05, 0) is 79.4 Å². The van der Waals surface area contributed by atoms with Crippen molar-refractivity contribution in [2.45, 2.75) is 45.6 Å². The van der Waals surface area contributed by atoms with E-state index in [0.29, 0.717) is 23.1 Å². The van der Waals surface area contributed by atoms with E-state index in [2.05, 4.69) is 46.0 Å². The summed E-state index contributed by atoms with van der Waals surface area (Å²) in [6.07, 6.45) is 2.94. The van der Waals surface area contributed by atoms with Gasteiger partial charge in [0.15, 0.2) is 5.11 Å². The van der Waals surface area contributed by atoms with Gasteiger partial charge in [0.25, 0.3) is 11.5 Å². The van der Waals surface area contributed by atoms with Crippen LogP contribution >= 0.6 is 12.2 Å². The molecule has 5 rings (SSSR count). The van der Waals surface area contributed by atoms with Gasteiger partial charge in [-0.25, -0.2) is 0 Å². The number of aryl methyl sites for hydroxylation is 1. The molecule has 1 fully saturated rings. The summed E-state index contributed by atoms with van der Waals surface area (Å²) in [6.45, 7) is 7.17. The quantitative estimate of drug-likeness (QED) is 0.375. The predicted molar refractivity (Wildman–Crippen MR) is 158 cm³/mol. The van der Waals surface area contributed by atoms with Gasteiger partial charge in [-0.2, -0.15) is 0 Å². The highest BCUT2D eigenvalue weighted by atomic mass is 32.1. The van der Waals surface area contributed by atoms with E-state index in [4.69, 9.17) is 12.2 Å². The highest BCUT2D eigenvalue weighted by Crippen LogP contribution is 2.39. The molecule has 0 saturated carbocycles. The first kappa shape index (κ1) is 26.0. The normalized spacial score (nSPS) is 17.9. The van der Waals surface area contributed by atoms with Crippen LogP contribution in [0.15, 0.2) is 65.5 Å². The third kappa shape index (κ3) is 5.60. The van der Waals surface area contributed by atoms with E-state index in [1.165, 1.54) is 5.56 Å². The SMILES string of the molecule is CCCNC(=O)c1ccc(N2CC3CC(C2)c2cccc(=O)n2C3)c(NC(=S)Nc2ccc(CC)cc2)c1. The minimum atomic E-state index is -0.0979. The van der Waals surface area contributed by atoms with Gasteiger partial charge in [-0.1, -0.05) is 32.0 Å². The molecule has 2 bridgehead atoms. The first-order chi connectivity index (χ1) is 18.4. The van der Waals surface area contributed by atoms with Crippen LogP contribution in [0.3, 0.4) is 0 Å². The number of nitrogens with zero attached hydrogens (tertiary/aromatic N) is 2. The second kappa shape index (κ2) is 11.4. The van der Waals surface area contributed by atoms with E-state index in [1.54, 1.807) is 6.07 Å². The number of rotatable bonds is 7. The molecule has 0 spiro atoms. The minimum absolute atomic E-state index is 0.0823. The van der Waals surface area contributed by atoms with E-state index in [-0.39, 0.29) is 17.4 Å². The molecule has 0 radical (unpaired) electrons. The summed E-state index contributed by atoms with van der Waals surface area (Å²) in [4.78, 5) is 27.6. The van der Waals surface area contributed by atoms with Crippen molar-refractivity contribution in [1.82, 2.24) is 9.88 Å². The second-order valence-electron chi connectivity index (χ2n) is 10.2. The number of thiocarbonyl (C=S) groups is 1. The Morgan fingerprint density at radius 2 is 1.82 bits per heavy atom. The van der Waals surface area contributed by atoms with Crippen molar-refractivity contribution in [2.75, 3.05) is 35.2 Å². The first-order valence-electron chi connectivity index (χ1n) is 13.5. The molecule has 7 nitrogen and oxygen atoms in total. The number of carbonyl (C=O) groups is 1. The van der Waals surface area contributed by atoms with Crippen LogP contribution < -0.4 is 26.4 Å². The molecular formula is C30H35N5O2S. The van der Waals surface area contributed by atoms with Crippen LogP contribution in [-0.2, 0) is 13.0 Å². The van der Waals surface area contributed by atoms with Crippen molar-refractivity contribution < 1.29 is 4.79 Å². The average molecular weight is 530 g/mol. The molecule has 3 heterocycles. The minimum Gasteiger partial charge on any atom is -0.369 e. The number of pyridine rings is 1. The molecule has 38 heavy (non-hydrogen) atoms. The second-order valence-corrected chi connectivity index (χ2v) is 10.6. The number of hydrogen-bond donors (Lipinski definition) is 3. The maximum atomic E-state index is 12.8. The molecule has 0 aliphatic carbocycles. The Bertz CT molecular complexity index is 1380. The lowest BCUT2D eigenvalue weighted by molar-refractivity contribution is 0.0953. The Labute approximate surface area is 229 Å². The molecule has 2 aliphatic rings. The summed E-state index contributed by atoms with van der Waals surface area (Å²) in [5, 5.41) is 10.1. The monoisotopic (exact) mass is 529 g/mol. The molecule has 2 atom stereocenters. The predicted octanol–water partition coefficient (Wildman–Crippen LogP) is 4.98. The summed E-state index contributed by atoms with van der Waals surface area (Å²) in [6, 6.07) is 19.6. The van der Waals surface area contributed by atoms with Crippen LogP contribution in [0, 0.1) is 5.92 Å². The number of hydrogen-bond acceptors (Lipinski definition) is 4. The Morgan fingerprint density at radius 1 is 1.00 bits per heavy atom. The Hall–Kier alpha value is -3.65. The summed E-state index contributed by atoms with van der Waals surface area (Å²) >= 11 is 5.69. The van der Waals surface area contributed by atoms with Gasteiger partial charge in [-0.3, -0.25) is 9.59 Å². The maximum Gasteiger partial charge on any atom is 0.251 e. The van der Waals surface area contributed by atoms with Crippen molar-refractivity contribution >= 4 is 40.3 Å². The van der Waals surface area contributed by atoms with Crippen LogP contribution in [-0.4, -0.2) is 35.2 Å². The zero-order chi connectivity index (χ0) is 26.6. The number of nitrogens with one attached hydrogen (secondary N) is 3. The molecule has 3 N–H and O–H groups in total. The zero-order valence-corrected chi connectivity index (χ0v) is 22.8. The van der Waals surface area contributed by atoms with Gasteiger partial charge in [0.05, 0.1) is 11.4 Å². The lowest BCUT2D eigenvalue weighted by Crippen LogP contribution is -2.47. The highest BCUT2D eigenvalue weighted by molar-refractivity contribution is 7.80. The lowest BCUT2D eigenvalue weighted by Gasteiger charge is -2.44. The van der Waals surface area contributed by atoms with Crippen molar-refractivity contribution in [3.63, 3.8) is 0 Å². The van der Waals surface area contributed by atoms with Crippen LogP contribution in [0.25, 0.3) is 0 Å². The molecule has 1 aromatic heterocycles. The summed E-state index contributed by atoms with van der Waals surface area (Å²) in [5.41, 5.74) is 5.75. The van der Waals surface area contributed by atoms with E-state index in [0.717, 1.165) is 61.7 Å². The average Bonchev–Trinajstić information content (AvgIpc) is 2.92. The molecule has 1 amide bonds. The standard InChI is InChI=1S/C30H35N5O2S/c1-3-14-31-29(37)22-10-13-27(25(16-22)33-30(38)32-24-11-8-20(4-2)9-12-24)34-17-21-15-23(19-34)26-6-5-7-28(36)35(26)18-21/h5-13,16,21,23H,3-4,14-15,17-19H2,1-2H3,(H,31,37)(H2,32,33,38). The number of piperidine rings is 1. The van der Waals surface area contributed by atoms with Gasteiger partial charge in [0.1, 0.15) is 0 Å². The summed E-state index contributed by atoms with van der Waals surface area (Å²) in [7, 11) is 0. The van der Waals surface area contributed by atoms with Crippen LogP contribution in [0.1, 0.15) is 54.2 Å². The van der Waals surface area contributed by atoms with E-state index >= 15 is 0 Å². The van der Waals surface area contributed by atoms with Crippen LogP contribution in [0.5, 0.6) is 0 Å². The zero-order valence-electron chi connectivity index (χ0n) is 22.0. The Balaban J connectivity index is 1.41. The van der Waals surface area contributed by atoms with Crippen molar-refractivity contribution in [3.8, 4) is 0 Å². The number of benzene rings is 2. The first-order valence-corrected chi connectivity index (χ1v) is 13.9. The van der Waals surface area contributed by atoms with Gasteiger partial charge in [-0.15, -0.1) is 0 Å². The fourth-order valence-corrected chi connectivity index (χ4v) is 5.82. The number of carbonyl (C=O) groups excluding carboxylic acids is 1. The molecule has 8 heteroatoms. The molecule has 198 valence electrons. The third-order valence-corrected chi connectivity index (χ3v) is 7.69. The van der Waals surface area contributed by atoms with E-state index in [1.807, 2.05) is 47.9 Å². The van der Waals surface area contributed by atoms with Crippen molar-refractivity contribution in [2.24, 2.45) is 5.92 Å². The lowest BCUT2D eigenvalue weighted by atomic mass is 9.83. The number of fused-ring (bicyclic) bond motifs is 4. The molecule has 2 aliphatic heterocycles. The van der Waals surface area contributed by atoms with E-state index in [9.17, 15) is 9.59 Å². The third-order valence-electron chi connectivity index (χ3n) is 7.48. The molecular weight excluding hydrogens is 494 g/mol. The van der Waals surface area contributed by atoms with E-state index < -0.39 is 0 Å². The highest BCUT2D eigenvalue weighted by Gasteiger charge is 2.35. The maximum absolute atomic E-state index is 12.8. The summed E-state index contributed by atoms with van der Waals surface area (Å²) < 4.78 is 1.94. The number of aromatic nitrogens is 1. The fraction of sp³-hybridized carbons (Fsp3) is 0.367. The fourth-order valence-electron chi connectivity index (χ4n) is 5.60. The number of anilines is 3. The van der Waals surface area contributed by atoms with Crippen LogP contribution in [0.4, 0.5) is 17.1 Å². The van der Waals surface area contributed by atoms with Gasteiger partial charge in [0.2, 0.25) is 0 Å². The summed E-state index contributed by atoms with van der Waals surface area (Å²) in [5.74, 6) is 0.558. The molecule has 3 aromatic rings. The van der Waals surface area contributed by atoms with Crippen molar-refractivity contribution in [3.05, 3.63) is 87.8 Å². The van der Waals surface area contributed by atoms with Gasteiger partial charge >= 0.3 is 0 Å². The van der Waals surface area contributed by atoms with Crippen molar-refractivity contribution in [1.29, 1.82) is 0 Å². The molecule has 2 aromatic carbocycles. The van der Waals surface area contributed by atoms with Gasteiger partial charge in [0, 0.05) is 55.1 Å². The Kier molecular flexibility index (Phi) is 7.79. The van der Waals surface area contributed by atoms with Crippen LogP contribution in [0.2, 0.25) is 0 Å². The van der Waals surface area contributed by atoms with Gasteiger partial charge < -0.3 is 25.4 Å². The largest absolute Gasteiger partial charge is 0.369 e. The smallest absolute Gasteiger partial charge is 0.251 e. The number of amides is 1.